The number of alkyl halides is 2. The molecular formula is C58H60ClF4N11O6S2. The number of ether oxygens (including phenoxy) is 2. The summed E-state index contributed by atoms with van der Waals surface area (Å²) in [5, 5.41) is 31.8. The number of aliphatic hydroxyl groups excluding tert-OH is 1. The first-order valence-electron chi connectivity index (χ1n) is 27.6. The van der Waals surface area contributed by atoms with Gasteiger partial charge in [-0.15, -0.1) is 22.7 Å². The van der Waals surface area contributed by atoms with Gasteiger partial charge in [-0.05, 0) is 91.5 Å². The lowest BCUT2D eigenvalue weighted by atomic mass is 9.91. The summed E-state index contributed by atoms with van der Waals surface area (Å²) in [4.78, 5) is 48.0. The number of anilines is 2. The number of nitrogen functional groups attached to an aromatic ring is 1. The minimum Gasteiger partial charge on any atom is -0.475 e. The van der Waals surface area contributed by atoms with E-state index in [2.05, 4.69) is 25.8 Å². The molecule has 4 aliphatic heterocycles. The molecule has 2 amide bonds. The van der Waals surface area contributed by atoms with E-state index in [0.717, 1.165) is 51.9 Å². The zero-order chi connectivity index (χ0) is 57.4. The molecule has 17 nitrogen and oxygen atoms in total. The number of likely N-dealkylation sites (tertiary alicyclic amines) is 2. The Labute approximate surface area is 482 Å². The third-order valence-electron chi connectivity index (χ3n) is 17.0. The van der Waals surface area contributed by atoms with Gasteiger partial charge >= 0.3 is 6.01 Å². The highest BCUT2D eigenvalue weighted by atomic mass is 35.5. The van der Waals surface area contributed by atoms with Crippen LogP contribution in [0.15, 0.2) is 58.6 Å². The fourth-order valence-corrected chi connectivity index (χ4v) is 14.5. The highest BCUT2D eigenvalue weighted by Crippen LogP contribution is 2.61. The van der Waals surface area contributed by atoms with Crippen LogP contribution in [0.3, 0.4) is 0 Å². The predicted molar refractivity (Wildman–Crippen MR) is 303 cm³/mol. The third-order valence-corrected chi connectivity index (χ3v) is 19.3. The van der Waals surface area contributed by atoms with E-state index in [1.165, 1.54) is 11.0 Å². The molecule has 8 heterocycles. The van der Waals surface area contributed by atoms with Crippen LogP contribution >= 0.6 is 34.3 Å². The number of carbonyl (C=O) groups is 2. The summed E-state index contributed by atoms with van der Waals surface area (Å²) in [7, 11) is 0. The Balaban J connectivity index is 0.685. The normalized spacial score (nSPS) is 23.0. The Hall–Kier alpha value is -6.68. The number of nitriles is 1. The molecular weight excluding hydrogens is 1120 g/mol. The van der Waals surface area contributed by atoms with Gasteiger partial charge in [-0.3, -0.25) is 9.59 Å². The number of hydrogen-bond donors (Lipinski definition) is 4. The van der Waals surface area contributed by atoms with Crippen LogP contribution in [0.25, 0.3) is 42.6 Å². The number of halogens is 5. The number of β-amino-alcohol motifs (C(OH)–C–C–N with tert-alkyl or cyclic N) is 1. The Kier molecular flexibility index (Phi) is 15.1. The van der Waals surface area contributed by atoms with E-state index in [0.29, 0.717) is 44.8 Å². The van der Waals surface area contributed by atoms with Crippen molar-refractivity contribution in [1.29, 1.82) is 5.26 Å². The maximum atomic E-state index is 17.3. The Morgan fingerprint density at radius 2 is 1.79 bits per heavy atom. The quantitative estimate of drug-likeness (QED) is 0.0624. The second-order valence-corrected chi connectivity index (χ2v) is 25.2. The van der Waals surface area contributed by atoms with Crippen molar-refractivity contribution in [1.82, 2.24) is 40.5 Å². The minimum absolute atomic E-state index is 0.00763. The lowest BCUT2D eigenvalue weighted by molar-refractivity contribution is -0.141. The maximum Gasteiger partial charge on any atom is 0.319 e. The lowest BCUT2D eigenvalue weighted by Gasteiger charge is -2.35. The van der Waals surface area contributed by atoms with Crippen LogP contribution in [0, 0.1) is 47.1 Å². The number of rotatable bonds is 17. The van der Waals surface area contributed by atoms with E-state index in [1.807, 2.05) is 60.9 Å². The van der Waals surface area contributed by atoms with Crippen molar-refractivity contribution >= 4 is 77.9 Å². The van der Waals surface area contributed by atoms with Gasteiger partial charge in [-0.1, -0.05) is 55.8 Å². The van der Waals surface area contributed by atoms with Gasteiger partial charge in [0, 0.05) is 80.1 Å². The summed E-state index contributed by atoms with van der Waals surface area (Å²) in [6.45, 7) is 7.90. The van der Waals surface area contributed by atoms with Gasteiger partial charge in [-0.25, -0.2) is 22.5 Å². The monoisotopic (exact) mass is 1180 g/mol. The number of aryl methyl sites for hydroxylation is 1. The molecule has 6 atom stereocenters. The van der Waals surface area contributed by atoms with Crippen molar-refractivity contribution in [3.63, 3.8) is 0 Å². The molecule has 1 aliphatic carbocycles. The molecule has 3 aromatic carbocycles. The second kappa shape index (κ2) is 22.1. The number of carbonyl (C=O) groups excluding carboxylic acids is 2. The van der Waals surface area contributed by atoms with Crippen LogP contribution in [0.4, 0.5) is 28.4 Å². The highest BCUT2D eigenvalue weighted by molar-refractivity contribution is 7.23. The number of amides is 2. The van der Waals surface area contributed by atoms with E-state index in [9.17, 15) is 20.0 Å². The van der Waals surface area contributed by atoms with Crippen LogP contribution in [0.1, 0.15) is 80.9 Å². The first-order valence-corrected chi connectivity index (χ1v) is 29.6. The molecule has 0 spiro atoms. The van der Waals surface area contributed by atoms with Gasteiger partial charge < -0.3 is 50.2 Å². The molecule has 4 saturated heterocycles. The van der Waals surface area contributed by atoms with Crippen molar-refractivity contribution in [2.75, 3.05) is 63.1 Å². The lowest BCUT2D eigenvalue weighted by Crippen LogP contribution is -2.51. The summed E-state index contributed by atoms with van der Waals surface area (Å²) in [5.41, 5.74) is 9.08. The van der Waals surface area contributed by atoms with Crippen molar-refractivity contribution in [2.45, 2.75) is 102 Å². The third kappa shape index (κ3) is 10.6. The summed E-state index contributed by atoms with van der Waals surface area (Å²) in [6, 6.07) is 14.7. The summed E-state index contributed by atoms with van der Waals surface area (Å²) in [5.74, 6) is -5.51. The van der Waals surface area contributed by atoms with E-state index in [-0.39, 0.29) is 134 Å². The van der Waals surface area contributed by atoms with Gasteiger partial charge in [0.1, 0.15) is 46.8 Å². The molecule has 430 valence electrons. The number of piperazine rings is 1. The summed E-state index contributed by atoms with van der Waals surface area (Å²) < 4.78 is 81.8. The number of benzene rings is 3. The molecule has 2 bridgehead atoms. The molecule has 0 radical (unpaired) electrons. The van der Waals surface area contributed by atoms with Crippen molar-refractivity contribution in [3.8, 4) is 39.5 Å². The van der Waals surface area contributed by atoms with Gasteiger partial charge in [0.2, 0.25) is 11.8 Å². The standard InChI is InChI=1S/C58H60ClF4N11O6S2/c1-29(2)45(55(77)74-23-36(75)16-42(74)54(76)66-20-31-4-6-33(7-5-31)50-30(3)67-28-81-50)43-18-44(71-80-43)78-24-32-12-14-72(15-13-32)26-57(25-58(57,62)63)27-79-56-69-49-38(53(70-56)73-21-34-8-9-35(22-73)68-34)17-40(59)47(48(49)61)37-10-11-41(60)51-46(37)39(19-64)52(65)82-51/h4-7,10-11,17-18,28-29,32,34-36,42,45,68,75H,8-9,12-16,20-27,65H2,1-3H3,(H,66,76)/t34-,35+,36-,42+,45?,57-/m1/s1. The van der Waals surface area contributed by atoms with Crippen molar-refractivity contribution < 1.29 is 46.3 Å². The molecule has 82 heavy (non-hydrogen) atoms. The topological polar surface area (TPSA) is 221 Å². The van der Waals surface area contributed by atoms with Gasteiger partial charge in [0.05, 0.1) is 49.5 Å². The molecule has 4 aromatic heterocycles. The number of nitrogens with two attached hydrogens (primary N) is 1. The van der Waals surface area contributed by atoms with Gasteiger partial charge in [-0.2, -0.15) is 15.2 Å². The SMILES string of the molecule is Cc1ncsc1-c1ccc(CNC(=O)[C@@H]2C[C@@H](O)CN2C(=O)C(c2cc(OCC3CCN(C[C@@]4(COc5nc(N6C[C@H]7CC[C@@H](C6)N7)c6cc(Cl)c(-c7ccc(F)c8sc(N)c(C#N)c78)c(F)c6n5)CC4(F)F)CC3)no2)C(C)C)cc1. The molecule has 24 heteroatoms. The van der Waals surface area contributed by atoms with Crippen molar-refractivity contribution in [3.05, 3.63) is 93.3 Å². The van der Waals surface area contributed by atoms with E-state index in [4.69, 9.17) is 36.3 Å². The van der Waals surface area contributed by atoms with Crippen LogP contribution in [-0.2, 0) is 16.1 Å². The average Bonchev–Trinajstić information content (AvgIpc) is 2.44. The minimum atomic E-state index is -3.05. The number of fused-ring (bicyclic) bond motifs is 4. The van der Waals surface area contributed by atoms with E-state index in [1.54, 1.807) is 29.0 Å². The largest absolute Gasteiger partial charge is 0.475 e. The number of thiazole rings is 1. The average molecular weight is 1180 g/mol. The number of aliphatic hydroxyl groups is 1. The first-order chi connectivity index (χ1) is 39.4. The zero-order valence-electron chi connectivity index (χ0n) is 45.2. The fourth-order valence-electron chi connectivity index (χ4n) is 12.5. The first kappa shape index (κ1) is 55.8. The van der Waals surface area contributed by atoms with Crippen LogP contribution < -0.4 is 30.7 Å². The van der Waals surface area contributed by atoms with Crippen LogP contribution in [0.2, 0.25) is 5.02 Å². The predicted octanol–water partition coefficient (Wildman–Crippen LogP) is 9.47. The number of thiophene rings is 1. The van der Waals surface area contributed by atoms with Crippen LogP contribution in [-0.4, -0.2) is 129 Å². The number of hydrogen-bond acceptors (Lipinski definition) is 17. The molecule has 12 rings (SSSR count). The Bertz CT molecular complexity index is 3630. The molecule has 5 N–H and O–H groups in total. The zero-order valence-corrected chi connectivity index (χ0v) is 47.6. The number of piperidine rings is 1. The number of nitrogens with zero attached hydrogens (tertiary/aromatic N) is 8. The Morgan fingerprint density at radius 1 is 1.05 bits per heavy atom. The summed E-state index contributed by atoms with van der Waals surface area (Å²) >= 11 is 9.36. The smallest absolute Gasteiger partial charge is 0.319 e. The van der Waals surface area contributed by atoms with Crippen molar-refractivity contribution in [2.24, 2.45) is 17.3 Å². The molecule has 7 aromatic rings. The molecule has 1 unspecified atom stereocenters. The summed E-state index contributed by atoms with van der Waals surface area (Å²) in [6.07, 6.45) is 1.95. The van der Waals surface area contributed by atoms with Gasteiger partial charge in [0.15, 0.2) is 11.6 Å². The van der Waals surface area contributed by atoms with E-state index < -0.39 is 54.1 Å². The molecule has 5 aliphatic rings. The molecule has 5 fully saturated rings. The van der Waals surface area contributed by atoms with Crippen LogP contribution in [0.5, 0.6) is 11.9 Å². The number of aromatic nitrogens is 4. The maximum absolute atomic E-state index is 17.3. The highest BCUT2D eigenvalue weighted by Gasteiger charge is 2.72. The van der Waals surface area contributed by atoms with E-state index >= 15 is 17.6 Å². The van der Waals surface area contributed by atoms with Gasteiger partial charge in [0.25, 0.3) is 11.8 Å². The Morgan fingerprint density at radius 3 is 2.48 bits per heavy atom. The second-order valence-electron chi connectivity index (χ2n) is 22.9. The fraction of sp³-hybridized carbons (Fsp3) is 0.466. The molecule has 1 saturated carbocycles. The number of nitrogens with one attached hydrogen (secondary N) is 2.